The number of nitrogens with one attached hydrogen (secondary N) is 1. The number of aryl methyl sites for hydroxylation is 7. The van der Waals surface area contributed by atoms with Gasteiger partial charge in [-0.25, -0.2) is 0 Å². The summed E-state index contributed by atoms with van der Waals surface area (Å²) < 4.78 is 0. The number of hydrogen-bond acceptors (Lipinski definition) is 2. The molecule has 0 atom stereocenters. The van der Waals surface area contributed by atoms with E-state index in [9.17, 15) is 0 Å². The third kappa shape index (κ3) is 6.02. The lowest BCUT2D eigenvalue weighted by atomic mass is 9.93. The molecule has 0 aliphatic carbocycles. The van der Waals surface area contributed by atoms with Crippen LogP contribution in [0.3, 0.4) is 0 Å². The molecule has 1 aliphatic heterocycles. The molecule has 0 saturated heterocycles. The van der Waals surface area contributed by atoms with Crippen LogP contribution in [0.25, 0.3) is 0 Å². The molecule has 3 heteroatoms. The molecule has 3 aromatic carbocycles. The van der Waals surface area contributed by atoms with Crippen LogP contribution in [0.2, 0.25) is 0 Å². The van der Waals surface area contributed by atoms with Crippen LogP contribution >= 0.6 is 0 Å². The summed E-state index contributed by atoms with van der Waals surface area (Å²) in [5.41, 5.74) is 18.5. The number of rotatable bonds is 8. The van der Waals surface area contributed by atoms with E-state index < -0.39 is 0 Å². The Balaban J connectivity index is 1.40. The molecule has 0 unspecified atom stereocenters. The number of amidine groups is 1. The molecule has 4 rings (SSSR count). The second-order valence-corrected chi connectivity index (χ2v) is 9.81. The van der Waals surface area contributed by atoms with Crippen LogP contribution < -0.4 is 5.73 Å². The van der Waals surface area contributed by atoms with Crippen molar-refractivity contribution < 1.29 is 0 Å². The maximum atomic E-state index is 7.63. The van der Waals surface area contributed by atoms with Gasteiger partial charge in [-0.1, -0.05) is 48.0 Å². The fraction of sp³-hybridized carbons (Fsp3) is 0.355. The van der Waals surface area contributed by atoms with E-state index in [1.54, 1.807) is 0 Å². The van der Waals surface area contributed by atoms with E-state index in [0.29, 0.717) is 0 Å². The van der Waals surface area contributed by atoms with Crippen LogP contribution in [-0.4, -0.2) is 18.1 Å². The largest absolute Gasteiger partial charge is 0.384 e. The Labute approximate surface area is 204 Å². The minimum atomic E-state index is 0.130. The molecule has 0 bridgehead atoms. The molecule has 0 aromatic heterocycles. The molecule has 1 aliphatic rings. The average molecular weight is 452 g/mol. The van der Waals surface area contributed by atoms with Gasteiger partial charge in [0.1, 0.15) is 5.84 Å². The minimum Gasteiger partial charge on any atom is -0.384 e. The van der Waals surface area contributed by atoms with Crippen LogP contribution in [0, 0.1) is 26.2 Å². The first-order valence-electron chi connectivity index (χ1n) is 12.6. The van der Waals surface area contributed by atoms with E-state index >= 15 is 0 Å². The van der Waals surface area contributed by atoms with Crippen LogP contribution in [0.15, 0.2) is 59.6 Å². The van der Waals surface area contributed by atoms with Crippen molar-refractivity contribution in [1.29, 1.82) is 5.41 Å². The highest BCUT2D eigenvalue weighted by Crippen LogP contribution is 2.21. The van der Waals surface area contributed by atoms with Gasteiger partial charge in [-0.15, -0.1) is 0 Å². The van der Waals surface area contributed by atoms with E-state index in [2.05, 4.69) is 63.2 Å². The first kappa shape index (κ1) is 23.9. The van der Waals surface area contributed by atoms with Crippen LogP contribution in [-0.2, 0) is 25.7 Å². The zero-order valence-corrected chi connectivity index (χ0v) is 20.9. The monoisotopic (exact) mass is 451 g/mol. The third-order valence-corrected chi connectivity index (χ3v) is 7.02. The van der Waals surface area contributed by atoms with Gasteiger partial charge in [0.05, 0.1) is 0 Å². The van der Waals surface area contributed by atoms with Gasteiger partial charge >= 0.3 is 0 Å². The molecule has 176 valence electrons. The number of nitrogens with two attached hydrogens (primary N) is 1. The van der Waals surface area contributed by atoms with Gasteiger partial charge in [0.2, 0.25) is 0 Å². The van der Waals surface area contributed by atoms with Gasteiger partial charge in [0.25, 0.3) is 0 Å². The summed E-state index contributed by atoms with van der Waals surface area (Å²) in [5.74, 6) is 0.130. The van der Waals surface area contributed by atoms with E-state index in [0.717, 1.165) is 44.2 Å². The van der Waals surface area contributed by atoms with E-state index in [-0.39, 0.29) is 5.84 Å². The molecule has 3 N–H and O–H groups in total. The highest BCUT2D eigenvalue weighted by Gasteiger charge is 2.10. The predicted molar refractivity (Wildman–Crippen MR) is 145 cm³/mol. The Kier molecular flexibility index (Phi) is 7.62. The topological polar surface area (TPSA) is 62.2 Å². The van der Waals surface area contributed by atoms with Gasteiger partial charge in [-0.3, -0.25) is 10.4 Å². The normalized spacial score (nSPS) is 13.6. The summed E-state index contributed by atoms with van der Waals surface area (Å²) >= 11 is 0. The maximum Gasteiger partial charge on any atom is 0.122 e. The van der Waals surface area contributed by atoms with Crippen molar-refractivity contribution in [3.8, 4) is 0 Å². The Morgan fingerprint density at radius 2 is 1.44 bits per heavy atom. The molecule has 0 spiro atoms. The molecule has 1 heterocycles. The lowest BCUT2D eigenvalue weighted by Crippen LogP contribution is -2.11. The molecule has 0 amide bonds. The highest BCUT2D eigenvalue weighted by atomic mass is 14.7. The van der Waals surface area contributed by atoms with Crippen molar-refractivity contribution in [2.24, 2.45) is 10.7 Å². The summed E-state index contributed by atoms with van der Waals surface area (Å²) in [6.07, 6.45) is 7.74. The molecular formula is C31H37N3. The Morgan fingerprint density at radius 3 is 2.00 bits per heavy atom. The summed E-state index contributed by atoms with van der Waals surface area (Å²) in [4.78, 5) is 4.74. The molecule has 3 nitrogen and oxygen atoms in total. The Bertz CT molecular complexity index is 1220. The van der Waals surface area contributed by atoms with Crippen molar-refractivity contribution >= 4 is 11.5 Å². The van der Waals surface area contributed by atoms with Crippen LogP contribution in [0.4, 0.5) is 0 Å². The van der Waals surface area contributed by atoms with Gasteiger partial charge in [0, 0.05) is 17.8 Å². The van der Waals surface area contributed by atoms with Crippen molar-refractivity contribution in [1.82, 2.24) is 0 Å². The molecule has 3 aromatic rings. The van der Waals surface area contributed by atoms with E-state index in [1.807, 2.05) is 12.1 Å². The number of nitrogens with zero attached hydrogens (tertiary/aromatic N) is 1. The summed E-state index contributed by atoms with van der Waals surface area (Å²) in [7, 11) is 0. The lowest BCUT2D eigenvalue weighted by molar-refractivity contribution is 0.738. The summed E-state index contributed by atoms with van der Waals surface area (Å²) in [6.45, 7) is 7.53. The lowest BCUT2D eigenvalue weighted by Gasteiger charge is -2.14. The first-order valence-corrected chi connectivity index (χ1v) is 12.6. The smallest absolute Gasteiger partial charge is 0.122 e. The second-order valence-electron chi connectivity index (χ2n) is 9.81. The Hall–Kier alpha value is -3.20. The molecular weight excluding hydrogens is 414 g/mol. The number of nitrogen functional groups attached to an aromatic ring is 1. The first-order chi connectivity index (χ1) is 16.4. The van der Waals surface area contributed by atoms with E-state index in [1.165, 1.54) is 63.1 Å². The SMILES string of the molecule is Cc1cc(CCc2ccc(C(=N)N)cc2C)cc(CCc2ccc(C3=NCCCC3)cc2C)c1. The fourth-order valence-electron chi connectivity index (χ4n) is 5.03. The van der Waals surface area contributed by atoms with Gasteiger partial charge in [-0.2, -0.15) is 0 Å². The fourth-order valence-corrected chi connectivity index (χ4v) is 5.03. The van der Waals surface area contributed by atoms with Gasteiger partial charge < -0.3 is 5.73 Å². The number of aliphatic imine (C=N–C) groups is 1. The summed E-state index contributed by atoms with van der Waals surface area (Å²) in [6, 6.07) is 20.0. The summed E-state index contributed by atoms with van der Waals surface area (Å²) in [5, 5.41) is 7.63. The standard InChI is InChI=1S/C31H37N3/c1-21-16-24(7-9-26-11-13-28(18-22(26)2)30-6-4-5-15-34-30)20-25(17-21)8-10-27-12-14-29(31(32)33)19-23(27)3/h11-14,16-20H,4-10,15H2,1-3H3,(H3,32,33). The van der Waals surface area contributed by atoms with Gasteiger partial charge in [-0.05, 0) is 117 Å². The number of benzene rings is 3. The molecule has 0 saturated carbocycles. The van der Waals surface area contributed by atoms with Crippen LogP contribution in [0.1, 0.15) is 69.3 Å². The zero-order chi connectivity index (χ0) is 24.1. The van der Waals surface area contributed by atoms with Crippen molar-refractivity contribution in [2.45, 2.75) is 65.7 Å². The van der Waals surface area contributed by atoms with Crippen molar-refractivity contribution in [3.63, 3.8) is 0 Å². The molecule has 34 heavy (non-hydrogen) atoms. The van der Waals surface area contributed by atoms with E-state index in [4.69, 9.17) is 16.1 Å². The quantitative estimate of drug-likeness (QED) is 0.300. The van der Waals surface area contributed by atoms with Crippen molar-refractivity contribution in [2.75, 3.05) is 6.54 Å². The Morgan fingerprint density at radius 1 is 0.794 bits per heavy atom. The predicted octanol–water partition coefficient (Wildman–Crippen LogP) is 6.44. The maximum absolute atomic E-state index is 7.63. The van der Waals surface area contributed by atoms with Gasteiger partial charge in [0.15, 0.2) is 0 Å². The second kappa shape index (κ2) is 10.8. The third-order valence-electron chi connectivity index (χ3n) is 7.02. The van der Waals surface area contributed by atoms with Crippen molar-refractivity contribution in [3.05, 3.63) is 105 Å². The minimum absolute atomic E-state index is 0.130. The highest BCUT2D eigenvalue weighted by molar-refractivity contribution is 6.01. The molecule has 0 radical (unpaired) electrons. The number of hydrogen-bond donors (Lipinski definition) is 2. The molecule has 0 fully saturated rings. The average Bonchev–Trinajstić information content (AvgIpc) is 2.82. The van der Waals surface area contributed by atoms with Crippen LogP contribution in [0.5, 0.6) is 0 Å². The zero-order valence-electron chi connectivity index (χ0n) is 20.9.